The number of aromatic hydroxyl groups is 1. The number of nitrogens with zero attached hydrogens (tertiary/aromatic N) is 1. The number of hydrogen-bond donors (Lipinski definition) is 2. The summed E-state index contributed by atoms with van der Waals surface area (Å²) in [6.07, 6.45) is 4.32. The summed E-state index contributed by atoms with van der Waals surface area (Å²) < 4.78 is 0. The lowest BCUT2D eigenvalue weighted by Crippen LogP contribution is -2.53. The molecular formula is C15H20N2O. The van der Waals surface area contributed by atoms with E-state index in [0.29, 0.717) is 17.8 Å². The number of phenolic OH excluding ortho intramolecular Hbond substituents is 1. The highest BCUT2D eigenvalue weighted by Crippen LogP contribution is 2.29. The van der Waals surface area contributed by atoms with Gasteiger partial charge in [0.1, 0.15) is 5.75 Å². The molecule has 2 atom stereocenters. The summed E-state index contributed by atoms with van der Waals surface area (Å²) in [5.74, 6) is 0.383. The second kappa shape index (κ2) is 4.32. The Morgan fingerprint density at radius 1 is 1.33 bits per heavy atom. The van der Waals surface area contributed by atoms with Crippen LogP contribution in [0.5, 0.6) is 5.75 Å². The number of hydrogen-bond acceptors (Lipinski definition) is 2. The molecule has 96 valence electrons. The van der Waals surface area contributed by atoms with Gasteiger partial charge < -0.3 is 10.1 Å². The Morgan fingerprint density at radius 2 is 2.11 bits per heavy atom. The molecule has 0 bridgehead atoms. The van der Waals surface area contributed by atoms with Crippen molar-refractivity contribution in [3.8, 4) is 5.75 Å². The number of fused-ring (bicyclic) bond motifs is 1. The maximum atomic E-state index is 9.95. The summed E-state index contributed by atoms with van der Waals surface area (Å²) >= 11 is 0. The highest BCUT2D eigenvalue weighted by Gasteiger charge is 2.30. The van der Waals surface area contributed by atoms with Gasteiger partial charge in [0.25, 0.3) is 0 Å². The van der Waals surface area contributed by atoms with E-state index in [1.807, 2.05) is 18.3 Å². The van der Waals surface area contributed by atoms with Crippen LogP contribution in [0.15, 0.2) is 24.4 Å². The summed E-state index contributed by atoms with van der Waals surface area (Å²) in [7, 11) is 0. The summed E-state index contributed by atoms with van der Waals surface area (Å²) in [4.78, 5) is 5.76. The molecule has 1 aliphatic heterocycles. The van der Waals surface area contributed by atoms with Gasteiger partial charge in [-0.1, -0.05) is 6.07 Å². The van der Waals surface area contributed by atoms with Crippen molar-refractivity contribution in [2.24, 2.45) is 0 Å². The Balaban J connectivity index is 1.79. The molecule has 1 aromatic heterocycles. The number of aromatic nitrogens is 1. The van der Waals surface area contributed by atoms with E-state index in [-0.39, 0.29) is 0 Å². The van der Waals surface area contributed by atoms with E-state index in [9.17, 15) is 5.11 Å². The fourth-order valence-corrected chi connectivity index (χ4v) is 3.18. The lowest BCUT2D eigenvalue weighted by Gasteiger charge is -2.45. The van der Waals surface area contributed by atoms with E-state index in [0.717, 1.165) is 23.9 Å². The van der Waals surface area contributed by atoms with Crippen molar-refractivity contribution in [2.45, 2.75) is 38.8 Å². The fraction of sp³-hybridized carbons (Fsp3) is 0.467. The van der Waals surface area contributed by atoms with Crippen LogP contribution in [-0.2, 0) is 6.42 Å². The van der Waals surface area contributed by atoms with E-state index in [2.05, 4.69) is 23.7 Å². The average molecular weight is 244 g/mol. The topological polar surface area (TPSA) is 39.3 Å². The first-order valence-electron chi connectivity index (χ1n) is 6.70. The van der Waals surface area contributed by atoms with Gasteiger partial charge >= 0.3 is 0 Å². The molecule has 0 spiro atoms. The average Bonchev–Trinajstić information content (AvgIpc) is 2.74. The lowest BCUT2D eigenvalue weighted by molar-refractivity contribution is 0.0396. The minimum absolute atomic E-state index is 0.383. The predicted molar refractivity (Wildman–Crippen MR) is 73.9 cm³/mol. The molecule has 2 aromatic rings. The second-order valence-corrected chi connectivity index (χ2v) is 5.44. The summed E-state index contributed by atoms with van der Waals surface area (Å²) in [5.41, 5.74) is 2.24. The first-order valence-corrected chi connectivity index (χ1v) is 6.70. The van der Waals surface area contributed by atoms with Crippen LogP contribution < -0.4 is 0 Å². The standard InChI is InChI=1S/C15H20N2O/c1-10-8-11(2)17(10)7-6-12-9-16-13-4-3-5-14(18)15(12)13/h3-5,9-11,16,18H,6-8H2,1-2H3. The molecule has 1 aliphatic rings. The Morgan fingerprint density at radius 3 is 2.83 bits per heavy atom. The van der Waals surface area contributed by atoms with Crippen molar-refractivity contribution in [3.05, 3.63) is 30.0 Å². The quantitative estimate of drug-likeness (QED) is 0.871. The van der Waals surface area contributed by atoms with Crippen LogP contribution in [-0.4, -0.2) is 33.6 Å². The first-order chi connectivity index (χ1) is 8.66. The highest BCUT2D eigenvalue weighted by molar-refractivity contribution is 5.88. The normalized spacial score (nSPS) is 24.3. The lowest BCUT2D eigenvalue weighted by atomic mass is 9.95. The Kier molecular flexibility index (Phi) is 2.78. The first kappa shape index (κ1) is 11.6. The number of rotatable bonds is 3. The van der Waals surface area contributed by atoms with E-state index >= 15 is 0 Å². The third-order valence-corrected chi connectivity index (χ3v) is 4.22. The molecule has 2 N–H and O–H groups in total. The molecule has 2 unspecified atom stereocenters. The number of benzene rings is 1. The molecule has 1 fully saturated rings. The van der Waals surface area contributed by atoms with Crippen LogP contribution in [0, 0.1) is 0 Å². The molecule has 1 saturated heterocycles. The van der Waals surface area contributed by atoms with Crippen molar-refractivity contribution in [2.75, 3.05) is 6.54 Å². The predicted octanol–water partition coefficient (Wildman–Crippen LogP) is 2.90. The summed E-state index contributed by atoms with van der Waals surface area (Å²) in [6.45, 7) is 5.64. The van der Waals surface area contributed by atoms with Crippen molar-refractivity contribution in [3.63, 3.8) is 0 Å². The molecule has 2 heterocycles. The SMILES string of the molecule is CC1CC(C)N1CCc1c[nH]c2cccc(O)c12. The number of aromatic amines is 1. The molecule has 0 saturated carbocycles. The highest BCUT2D eigenvalue weighted by atomic mass is 16.3. The molecule has 1 aromatic carbocycles. The minimum atomic E-state index is 0.383. The van der Waals surface area contributed by atoms with E-state index < -0.39 is 0 Å². The zero-order valence-electron chi connectivity index (χ0n) is 11.0. The smallest absolute Gasteiger partial charge is 0.125 e. The Bertz CT molecular complexity index is 553. The van der Waals surface area contributed by atoms with Gasteiger partial charge in [0, 0.05) is 35.7 Å². The summed E-state index contributed by atoms with van der Waals surface area (Å²) in [6, 6.07) is 7.05. The zero-order chi connectivity index (χ0) is 12.7. The van der Waals surface area contributed by atoms with Crippen molar-refractivity contribution in [1.29, 1.82) is 0 Å². The molecular weight excluding hydrogens is 224 g/mol. The molecule has 0 radical (unpaired) electrons. The monoisotopic (exact) mass is 244 g/mol. The molecule has 3 rings (SSSR count). The number of likely N-dealkylation sites (tertiary alicyclic amines) is 1. The fourth-order valence-electron chi connectivity index (χ4n) is 3.18. The molecule has 0 amide bonds. The van der Waals surface area contributed by atoms with Crippen molar-refractivity contribution < 1.29 is 5.11 Å². The van der Waals surface area contributed by atoms with Gasteiger partial charge in [-0.3, -0.25) is 4.90 Å². The van der Waals surface area contributed by atoms with Crippen LogP contribution in [0.4, 0.5) is 0 Å². The van der Waals surface area contributed by atoms with Crippen LogP contribution in [0.25, 0.3) is 10.9 Å². The molecule has 0 aliphatic carbocycles. The van der Waals surface area contributed by atoms with E-state index in [1.54, 1.807) is 6.07 Å². The van der Waals surface area contributed by atoms with E-state index in [1.165, 1.54) is 12.0 Å². The van der Waals surface area contributed by atoms with Crippen LogP contribution >= 0.6 is 0 Å². The number of phenols is 1. The van der Waals surface area contributed by atoms with Gasteiger partial charge in [0.05, 0.1) is 0 Å². The third kappa shape index (κ3) is 1.79. The molecule has 3 nitrogen and oxygen atoms in total. The van der Waals surface area contributed by atoms with Gasteiger partial charge in [0.2, 0.25) is 0 Å². The van der Waals surface area contributed by atoms with Crippen LogP contribution in [0.1, 0.15) is 25.8 Å². The van der Waals surface area contributed by atoms with Gasteiger partial charge in [-0.25, -0.2) is 0 Å². The molecule has 18 heavy (non-hydrogen) atoms. The molecule has 3 heteroatoms. The van der Waals surface area contributed by atoms with Gasteiger partial charge in [-0.2, -0.15) is 0 Å². The Labute approximate surface area is 107 Å². The minimum Gasteiger partial charge on any atom is -0.507 e. The van der Waals surface area contributed by atoms with Gasteiger partial charge in [-0.15, -0.1) is 0 Å². The second-order valence-electron chi connectivity index (χ2n) is 5.44. The Hall–Kier alpha value is -1.48. The largest absolute Gasteiger partial charge is 0.507 e. The van der Waals surface area contributed by atoms with Gasteiger partial charge in [0.15, 0.2) is 0 Å². The van der Waals surface area contributed by atoms with Crippen molar-refractivity contribution in [1.82, 2.24) is 9.88 Å². The zero-order valence-corrected chi connectivity index (χ0v) is 11.0. The van der Waals surface area contributed by atoms with E-state index in [4.69, 9.17) is 0 Å². The van der Waals surface area contributed by atoms with Crippen LogP contribution in [0.2, 0.25) is 0 Å². The van der Waals surface area contributed by atoms with Crippen molar-refractivity contribution >= 4 is 10.9 Å². The number of nitrogens with one attached hydrogen (secondary N) is 1. The maximum absolute atomic E-state index is 9.95. The number of H-pyrrole nitrogens is 1. The maximum Gasteiger partial charge on any atom is 0.125 e. The van der Waals surface area contributed by atoms with Gasteiger partial charge in [-0.05, 0) is 44.4 Å². The van der Waals surface area contributed by atoms with Crippen LogP contribution in [0.3, 0.4) is 0 Å². The third-order valence-electron chi connectivity index (χ3n) is 4.22. The summed E-state index contributed by atoms with van der Waals surface area (Å²) in [5, 5.41) is 10.9.